The third-order valence-electron chi connectivity index (χ3n) is 3.99. The van der Waals surface area contributed by atoms with E-state index in [4.69, 9.17) is 0 Å². The van der Waals surface area contributed by atoms with Gasteiger partial charge in [-0.3, -0.25) is 9.78 Å². The first-order valence-electron chi connectivity index (χ1n) is 7.56. The van der Waals surface area contributed by atoms with Gasteiger partial charge in [0.1, 0.15) is 5.39 Å². The first-order chi connectivity index (χ1) is 9.86. The maximum Gasteiger partial charge on any atom is 0.263 e. The highest BCUT2D eigenvalue weighted by Crippen LogP contribution is 2.32. The molecule has 2 heterocycles. The van der Waals surface area contributed by atoms with Crippen molar-refractivity contribution in [3.63, 3.8) is 0 Å². The molecule has 0 unspecified atom stereocenters. The van der Waals surface area contributed by atoms with Gasteiger partial charge in [-0.1, -0.05) is 12.8 Å². The molecule has 21 heavy (non-hydrogen) atoms. The zero-order valence-electron chi connectivity index (χ0n) is 13.2. The number of hydrogen-bond donors (Lipinski definition) is 1. The van der Waals surface area contributed by atoms with Gasteiger partial charge in [0.15, 0.2) is 5.65 Å². The van der Waals surface area contributed by atoms with Gasteiger partial charge in [-0.2, -0.15) is 10.1 Å². The molecule has 0 aliphatic heterocycles. The van der Waals surface area contributed by atoms with Crippen LogP contribution in [0.2, 0.25) is 0 Å². The van der Waals surface area contributed by atoms with Gasteiger partial charge in [0, 0.05) is 13.6 Å². The second-order valence-electron chi connectivity index (χ2n) is 7.01. The van der Waals surface area contributed by atoms with Crippen LogP contribution in [0.4, 0.5) is 5.95 Å². The second kappa shape index (κ2) is 4.86. The molecule has 114 valence electrons. The fourth-order valence-corrected chi connectivity index (χ4v) is 2.47. The molecule has 3 rings (SSSR count). The molecule has 0 saturated heterocycles. The standard InChI is InChI=1S/C15H23N5O/c1-15(2,3)20-12-11(9-16-20)13(21)18-14(17-12)19(4)8-7-10-5-6-10/h9-10H,5-8H2,1-4H3,(H,17,18,21). The third-order valence-corrected chi connectivity index (χ3v) is 3.99. The van der Waals surface area contributed by atoms with Gasteiger partial charge in [-0.25, -0.2) is 4.68 Å². The van der Waals surface area contributed by atoms with Gasteiger partial charge in [0.05, 0.1) is 11.7 Å². The molecule has 1 fully saturated rings. The predicted octanol–water partition coefficient (Wildman–Crippen LogP) is 2.11. The van der Waals surface area contributed by atoms with Crippen molar-refractivity contribution >= 4 is 17.0 Å². The maximum atomic E-state index is 12.2. The fraction of sp³-hybridized carbons (Fsp3) is 0.667. The largest absolute Gasteiger partial charge is 0.345 e. The Morgan fingerprint density at radius 1 is 1.43 bits per heavy atom. The number of nitrogens with zero attached hydrogens (tertiary/aromatic N) is 4. The Balaban J connectivity index is 1.97. The summed E-state index contributed by atoms with van der Waals surface area (Å²) in [6, 6.07) is 0. The molecule has 1 aliphatic carbocycles. The Bertz CT molecular complexity index is 705. The van der Waals surface area contributed by atoms with Crippen LogP contribution in [0.3, 0.4) is 0 Å². The lowest BCUT2D eigenvalue weighted by Gasteiger charge is -2.21. The van der Waals surface area contributed by atoms with Crippen LogP contribution in [-0.2, 0) is 5.54 Å². The van der Waals surface area contributed by atoms with Crippen LogP contribution >= 0.6 is 0 Å². The van der Waals surface area contributed by atoms with Crippen LogP contribution in [0.15, 0.2) is 11.0 Å². The Labute approximate surface area is 124 Å². The number of rotatable bonds is 4. The second-order valence-corrected chi connectivity index (χ2v) is 7.01. The van der Waals surface area contributed by atoms with E-state index in [1.165, 1.54) is 12.8 Å². The van der Waals surface area contributed by atoms with E-state index in [0.29, 0.717) is 17.0 Å². The van der Waals surface area contributed by atoms with E-state index in [9.17, 15) is 4.79 Å². The molecular formula is C15H23N5O. The van der Waals surface area contributed by atoms with Gasteiger partial charge in [0.2, 0.25) is 5.95 Å². The van der Waals surface area contributed by atoms with Gasteiger partial charge < -0.3 is 4.90 Å². The number of aromatic amines is 1. The third kappa shape index (κ3) is 2.80. The number of fused-ring (bicyclic) bond motifs is 1. The highest BCUT2D eigenvalue weighted by molar-refractivity contribution is 5.74. The summed E-state index contributed by atoms with van der Waals surface area (Å²) in [6.07, 6.45) is 5.44. The summed E-state index contributed by atoms with van der Waals surface area (Å²) in [6.45, 7) is 7.08. The normalized spacial score (nSPS) is 15.6. The number of H-pyrrole nitrogens is 1. The minimum absolute atomic E-state index is 0.122. The summed E-state index contributed by atoms with van der Waals surface area (Å²) >= 11 is 0. The molecule has 2 aromatic rings. The van der Waals surface area contributed by atoms with Crippen LogP contribution in [0.5, 0.6) is 0 Å². The van der Waals surface area contributed by atoms with Crippen LogP contribution in [0, 0.1) is 5.92 Å². The smallest absolute Gasteiger partial charge is 0.263 e. The predicted molar refractivity (Wildman–Crippen MR) is 83.8 cm³/mol. The monoisotopic (exact) mass is 289 g/mol. The summed E-state index contributed by atoms with van der Waals surface area (Å²) in [7, 11) is 1.98. The van der Waals surface area contributed by atoms with E-state index < -0.39 is 0 Å². The van der Waals surface area contributed by atoms with Gasteiger partial charge in [-0.05, 0) is 33.1 Å². The van der Waals surface area contributed by atoms with E-state index in [2.05, 4.69) is 35.8 Å². The van der Waals surface area contributed by atoms with Crippen LogP contribution in [0.1, 0.15) is 40.0 Å². The molecule has 2 aromatic heterocycles. The highest BCUT2D eigenvalue weighted by Gasteiger charge is 2.23. The SMILES string of the molecule is CN(CCC1CC1)c1nc2c(cnn2C(C)(C)C)c(=O)[nH]1. The first-order valence-corrected chi connectivity index (χ1v) is 7.56. The van der Waals surface area contributed by atoms with Gasteiger partial charge in [0.25, 0.3) is 5.56 Å². The minimum atomic E-state index is -0.202. The van der Waals surface area contributed by atoms with Gasteiger partial charge in [-0.15, -0.1) is 0 Å². The van der Waals surface area contributed by atoms with Crippen molar-refractivity contribution in [2.24, 2.45) is 5.92 Å². The van der Waals surface area contributed by atoms with Crippen molar-refractivity contribution in [2.75, 3.05) is 18.5 Å². The minimum Gasteiger partial charge on any atom is -0.345 e. The molecule has 6 nitrogen and oxygen atoms in total. The number of aromatic nitrogens is 4. The maximum absolute atomic E-state index is 12.2. The molecule has 1 N–H and O–H groups in total. The average molecular weight is 289 g/mol. The van der Waals surface area contributed by atoms with E-state index in [-0.39, 0.29) is 11.1 Å². The zero-order valence-corrected chi connectivity index (χ0v) is 13.2. The molecule has 1 aliphatic rings. The van der Waals surface area contributed by atoms with Crippen LogP contribution in [0.25, 0.3) is 11.0 Å². The number of nitrogens with one attached hydrogen (secondary N) is 1. The lowest BCUT2D eigenvalue weighted by atomic mass is 10.1. The lowest BCUT2D eigenvalue weighted by molar-refractivity contribution is 0.366. The van der Waals surface area contributed by atoms with E-state index >= 15 is 0 Å². The van der Waals surface area contributed by atoms with E-state index in [1.54, 1.807) is 6.20 Å². The zero-order chi connectivity index (χ0) is 15.2. The Morgan fingerprint density at radius 2 is 2.14 bits per heavy atom. The van der Waals surface area contributed by atoms with Crippen LogP contribution in [-0.4, -0.2) is 33.3 Å². The fourth-order valence-electron chi connectivity index (χ4n) is 2.47. The first kappa shape index (κ1) is 14.1. The molecule has 0 radical (unpaired) electrons. The number of hydrogen-bond acceptors (Lipinski definition) is 4. The molecular weight excluding hydrogens is 266 g/mol. The summed E-state index contributed by atoms with van der Waals surface area (Å²) in [5, 5.41) is 4.87. The Hall–Kier alpha value is -1.85. The van der Waals surface area contributed by atoms with Crippen molar-refractivity contribution < 1.29 is 0 Å². The molecule has 6 heteroatoms. The quantitative estimate of drug-likeness (QED) is 0.936. The van der Waals surface area contributed by atoms with Crippen molar-refractivity contribution in [3.8, 4) is 0 Å². The molecule has 0 spiro atoms. The molecule has 0 atom stereocenters. The summed E-state index contributed by atoms with van der Waals surface area (Å²) in [5.41, 5.74) is 0.329. The van der Waals surface area contributed by atoms with Crippen molar-refractivity contribution in [2.45, 2.75) is 45.6 Å². The summed E-state index contributed by atoms with van der Waals surface area (Å²) in [5.74, 6) is 1.49. The Morgan fingerprint density at radius 3 is 2.76 bits per heavy atom. The average Bonchev–Trinajstić information content (AvgIpc) is 3.11. The molecule has 1 saturated carbocycles. The topological polar surface area (TPSA) is 66.8 Å². The molecule has 0 amide bonds. The highest BCUT2D eigenvalue weighted by atomic mass is 16.1. The summed E-state index contributed by atoms with van der Waals surface area (Å²) < 4.78 is 1.82. The van der Waals surface area contributed by atoms with Crippen molar-refractivity contribution in [3.05, 3.63) is 16.6 Å². The van der Waals surface area contributed by atoms with Crippen molar-refractivity contribution in [1.82, 2.24) is 19.7 Å². The molecule has 0 bridgehead atoms. The van der Waals surface area contributed by atoms with Crippen molar-refractivity contribution in [1.29, 1.82) is 0 Å². The van der Waals surface area contributed by atoms with E-state index in [1.807, 2.05) is 16.6 Å². The molecule has 0 aromatic carbocycles. The van der Waals surface area contributed by atoms with Crippen LogP contribution < -0.4 is 10.5 Å². The lowest BCUT2D eigenvalue weighted by Crippen LogP contribution is -2.27. The number of anilines is 1. The Kier molecular flexibility index (Phi) is 3.26. The van der Waals surface area contributed by atoms with E-state index in [0.717, 1.165) is 18.9 Å². The summed E-state index contributed by atoms with van der Waals surface area (Å²) in [4.78, 5) is 21.7. The van der Waals surface area contributed by atoms with Gasteiger partial charge >= 0.3 is 0 Å².